The highest BCUT2D eigenvalue weighted by Gasteiger charge is 2.26. The standard InChI is InChI=1S/C16H20N4O3/c1-19(16(22)23-13-5-3-4-6-13)15-14(17-18-20(15)2)11-7-9-12(21)10-8-11/h7-10,13,21H,3-6H2,1-2H3. The van der Waals surface area contributed by atoms with Gasteiger partial charge in [0.15, 0.2) is 5.82 Å². The van der Waals surface area contributed by atoms with Gasteiger partial charge in [-0.25, -0.2) is 9.48 Å². The average molecular weight is 316 g/mol. The van der Waals surface area contributed by atoms with Crippen molar-refractivity contribution in [2.45, 2.75) is 31.8 Å². The molecule has 1 N–H and O–H groups in total. The number of anilines is 1. The number of hydrogen-bond acceptors (Lipinski definition) is 5. The van der Waals surface area contributed by atoms with Gasteiger partial charge in [-0.05, 0) is 49.9 Å². The van der Waals surface area contributed by atoms with E-state index >= 15 is 0 Å². The van der Waals surface area contributed by atoms with Crippen LogP contribution < -0.4 is 4.90 Å². The topological polar surface area (TPSA) is 80.5 Å². The molecule has 0 aliphatic heterocycles. The van der Waals surface area contributed by atoms with Gasteiger partial charge in [-0.15, -0.1) is 5.10 Å². The van der Waals surface area contributed by atoms with Gasteiger partial charge < -0.3 is 9.84 Å². The van der Waals surface area contributed by atoms with Crippen LogP contribution in [0.1, 0.15) is 25.7 Å². The highest BCUT2D eigenvalue weighted by atomic mass is 16.6. The smallest absolute Gasteiger partial charge is 0.415 e. The fourth-order valence-electron chi connectivity index (χ4n) is 2.85. The summed E-state index contributed by atoms with van der Waals surface area (Å²) >= 11 is 0. The summed E-state index contributed by atoms with van der Waals surface area (Å²) in [5.41, 5.74) is 1.34. The number of nitrogens with zero attached hydrogens (tertiary/aromatic N) is 4. The Labute approximate surface area is 134 Å². The molecule has 0 bridgehead atoms. The molecule has 1 fully saturated rings. The molecule has 1 heterocycles. The normalized spacial score (nSPS) is 14.9. The predicted octanol–water partition coefficient (Wildman–Crippen LogP) is 2.70. The lowest BCUT2D eigenvalue weighted by Gasteiger charge is -2.20. The zero-order valence-electron chi connectivity index (χ0n) is 13.3. The number of aryl methyl sites for hydroxylation is 1. The van der Waals surface area contributed by atoms with Crippen LogP contribution in [-0.2, 0) is 11.8 Å². The van der Waals surface area contributed by atoms with E-state index < -0.39 is 6.09 Å². The van der Waals surface area contributed by atoms with Gasteiger partial charge >= 0.3 is 6.09 Å². The van der Waals surface area contributed by atoms with Crippen LogP contribution >= 0.6 is 0 Å². The van der Waals surface area contributed by atoms with Gasteiger partial charge in [0.2, 0.25) is 0 Å². The van der Waals surface area contributed by atoms with E-state index in [-0.39, 0.29) is 11.9 Å². The van der Waals surface area contributed by atoms with E-state index in [1.165, 1.54) is 9.58 Å². The van der Waals surface area contributed by atoms with Gasteiger partial charge in [0.25, 0.3) is 0 Å². The molecule has 3 rings (SSSR count). The highest BCUT2D eigenvalue weighted by Crippen LogP contribution is 2.30. The van der Waals surface area contributed by atoms with Crippen LogP contribution in [0.15, 0.2) is 24.3 Å². The minimum absolute atomic E-state index is 0.00302. The van der Waals surface area contributed by atoms with E-state index in [1.54, 1.807) is 38.4 Å². The Balaban J connectivity index is 1.85. The van der Waals surface area contributed by atoms with Crippen molar-refractivity contribution in [1.82, 2.24) is 15.0 Å². The van der Waals surface area contributed by atoms with Gasteiger partial charge in [0.1, 0.15) is 17.5 Å². The van der Waals surface area contributed by atoms with E-state index in [2.05, 4.69) is 10.3 Å². The number of rotatable bonds is 3. The first kappa shape index (κ1) is 15.3. The van der Waals surface area contributed by atoms with Crippen molar-refractivity contribution >= 4 is 11.9 Å². The van der Waals surface area contributed by atoms with Crippen molar-refractivity contribution in [3.63, 3.8) is 0 Å². The Morgan fingerprint density at radius 2 is 1.96 bits per heavy atom. The van der Waals surface area contributed by atoms with Crippen molar-refractivity contribution in [2.75, 3.05) is 11.9 Å². The summed E-state index contributed by atoms with van der Waals surface area (Å²) in [7, 11) is 3.38. The number of amides is 1. The molecule has 1 aliphatic rings. The molecule has 0 saturated heterocycles. The Hall–Kier alpha value is -2.57. The number of aromatic nitrogens is 3. The van der Waals surface area contributed by atoms with Gasteiger partial charge in [0, 0.05) is 19.7 Å². The van der Waals surface area contributed by atoms with Crippen molar-refractivity contribution < 1.29 is 14.6 Å². The maximum Gasteiger partial charge on any atom is 0.415 e. The number of phenolic OH excluding ortho intramolecular Hbond substituents is 1. The number of carbonyl (C=O) groups excluding carboxylic acids is 1. The Bertz CT molecular complexity index is 690. The molecule has 0 atom stereocenters. The Kier molecular flexibility index (Phi) is 4.18. The van der Waals surface area contributed by atoms with Crippen molar-refractivity contribution in [1.29, 1.82) is 0 Å². The fourth-order valence-corrected chi connectivity index (χ4v) is 2.85. The largest absolute Gasteiger partial charge is 0.508 e. The molecule has 23 heavy (non-hydrogen) atoms. The average Bonchev–Trinajstić information content (AvgIpc) is 3.17. The maximum absolute atomic E-state index is 12.4. The first-order valence-electron chi connectivity index (χ1n) is 7.69. The summed E-state index contributed by atoms with van der Waals surface area (Å²) in [5, 5.41) is 17.5. The zero-order chi connectivity index (χ0) is 16.4. The molecule has 1 amide bonds. The molecule has 122 valence electrons. The molecule has 0 spiro atoms. The SMILES string of the molecule is CN(C(=O)OC1CCCC1)c1c(-c2ccc(O)cc2)nnn1C. The number of ether oxygens (including phenoxy) is 1. The fraction of sp³-hybridized carbons (Fsp3) is 0.438. The van der Waals surface area contributed by atoms with Crippen LogP contribution in [0.3, 0.4) is 0 Å². The number of aromatic hydroxyl groups is 1. The third kappa shape index (κ3) is 3.13. The van der Waals surface area contributed by atoms with Crippen molar-refractivity contribution in [3.05, 3.63) is 24.3 Å². The summed E-state index contributed by atoms with van der Waals surface area (Å²) in [4.78, 5) is 13.8. The van der Waals surface area contributed by atoms with Crippen LogP contribution in [-0.4, -0.2) is 39.3 Å². The molecule has 0 radical (unpaired) electrons. The van der Waals surface area contributed by atoms with Crippen molar-refractivity contribution in [3.8, 4) is 17.0 Å². The Morgan fingerprint density at radius 3 is 2.61 bits per heavy atom. The molecule has 1 aliphatic carbocycles. The summed E-state index contributed by atoms with van der Waals surface area (Å²) in [6.45, 7) is 0. The monoisotopic (exact) mass is 316 g/mol. The van der Waals surface area contributed by atoms with Crippen molar-refractivity contribution in [2.24, 2.45) is 7.05 Å². The second-order valence-corrected chi connectivity index (χ2v) is 5.78. The van der Waals surface area contributed by atoms with E-state index in [1.807, 2.05) is 0 Å². The van der Waals surface area contributed by atoms with Gasteiger partial charge in [-0.2, -0.15) is 0 Å². The predicted molar refractivity (Wildman–Crippen MR) is 85.2 cm³/mol. The second kappa shape index (κ2) is 6.28. The minimum atomic E-state index is -0.401. The molecule has 7 heteroatoms. The van der Waals surface area contributed by atoms with E-state index in [4.69, 9.17) is 4.74 Å². The Morgan fingerprint density at radius 1 is 1.30 bits per heavy atom. The lowest BCUT2D eigenvalue weighted by atomic mass is 10.1. The number of hydrogen-bond donors (Lipinski definition) is 1. The van der Waals surface area contributed by atoms with Gasteiger partial charge in [-0.3, -0.25) is 4.90 Å². The van der Waals surface area contributed by atoms with Crippen LogP contribution in [0.4, 0.5) is 10.6 Å². The number of phenols is 1. The summed E-state index contributed by atoms with van der Waals surface area (Å²) in [5.74, 6) is 0.729. The third-order valence-corrected chi connectivity index (χ3v) is 4.10. The molecule has 2 aromatic rings. The highest BCUT2D eigenvalue weighted by molar-refractivity contribution is 5.90. The van der Waals surface area contributed by atoms with Gasteiger partial charge in [0.05, 0.1) is 0 Å². The first-order valence-corrected chi connectivity index (χ1v) is 7.69. The molecule has 7 nitrogen and oxygen atoms in total. The summed E-state index contributed by atoms with van der Waals surface area (Å²) < 4.78 is 7.08. The molecule has 1 saturated carbocycles. The third-order valence-electron chi connectivity index (χ3n) is 4.10. The molecule has 1 aromatic carbocycles. The maximum atomic E-state index is 12.4. The molecular formula is C16H20N4O3. The van der Waals surface area contributed by atoms with Crippen LogP contribution in [0.25, 0.3) is 11.3 Å². The molecule has 1 aromatic heterocycles. The summed E-state index contributed by atoms with van der Waals surface area (Å²) in [6.07, 6.45) is 3.66. The second-order valence-electron chi connectivity index (χ2n) is 5.78. The van der Waals surface area contributed by atoms with E-state index in [0.717, 1.165) is 31.2 Å². The molecular weight excluding hydrogens is 296 g/mol. The number of benzene rings is 1. The van der Waals surface area contributed by atoms with Gasteiger partial charge in [-0.1, -0.05) is 5.21 Å². The van der Waals surface area contributed by atoms with Crippen LogP contribution in [0.5, 0.6) is 5.75 Å². The zero-order valence-corrected chi connectivity index (χ0v) is 13.3. The lowest BCUT2D eigenvalue weighted by Crippen LogP contribution is -2.32. The van der Waals surface area contributed by atoms with E-state index in [9.17, 15) is 9.90 Å². The first-order chi connectivity index (χ1) is 11.1. The van der Waals surface area contributed by atoms with E-state index in [0.29, 0.717) is 11.5 Å². The molecule has 0 unspecified atom stereocenters. The lowest BCUT2D eigenvalue weighted by molar-refractivity contribution is 0.108. The minimum Gasteiger partial charge on any atom is -0.508 e. The van der Waals surface area contributed by atoms with Crippen LogP contribution in [0.2, 0.25) is 0 Å². The number of carbonyl (C=O) groups is 1. The summed E-state index contributed by atoms with van der Waals surface area (Å²) in [6, 6.07) is 6.62. The van der Waals surface area contributed by atoms with Crippen LogP contribution in [0, 0.1) is 0 Å². The quantitative estimate of drug-likeness (QED) is 0.941.